The van der Waals surface area contributed by atoms with Crippen LogP contribution >= 0.6 is 0 Å². The summed E-state index contributed by atoms with van der Waals surface area (Å²) in [6, 6.07) is -1.28. The molecule has 0 aromatic rings. The number of aliphatic hydroxyl groups excluding tert-OH is 5. The topological polar surface area (TPSA) is 260 Å². The average Bonchev–Trinajstić information content (AvgIpc) is 3.19. The zero-order valence-corrected chi connectivity index (χ0v) is 33.9. The maximum Gasteiger partial charge on any atom is 0.332 e. The third-order valence-electron chi connectivity index (χ3n) is 12.1. The van der Waals surface area contributed by atoms with Crippen molar-refractivity contribution in [3.05, 3.63) is 0 Å². The largest absolute Gasteiger partial charge is 0.479 e. The van der Waals surface area contributed by atoms with Crippen molar-refractivity contribution in [1.82, 2.24) is 10.6 Å². The summed E-state index contributed by atoms with van der Waals surface area (Å²) in [5, 5.41) is 69.4. The molecule has 8 N–H and O–H groups in total. The van der Waals surface area contributed by atoms with E-state index in [0.717, 1.165) is 44.9 Å². The number of ketones is 1. The van der Waals surface area contributed by atoms with Gasteiger partial charge in [0.25, 0.3) is 0 Å². The summed E-state index contributed by atoms with van der Waals surface area (Å²) in [7, 11) is 0. The second kappa shape index (κ2) is 22.9. The molecule has 0 aromatic carbocycles. The van der Waals surface area contributed by atoms with E-state index in [1.807, 2.05) is 13.8 Å². The first-order valence-electron chi connectivity index (χ1n) is 21.1. The highest BCUT2D eigenvalue weighted by Crippen LogP contribution is 2.40. The van der Waals surface area contributed by atoms with E-state index in [4.69, 9.17) is 23.7 Å². The number of hydrogen-bond acceptors (Lipinski definition) is 14. The summed E-state index contributed by atoms with van der Waals surface area (Å²) in [5.41, 5.74) is 0. The van der Waals surface area contributed by atoms with E-state index in [0.29, 0.717) is 32.2 Å². The standard InChI is InChI=1S/C40H68N2O15/c1-5-7-15-30(46)41-16-11-14-26(45)25-18-24(6-2)36(57-40-35(50)34(49)32(47)21(3)53-40)27(19-25)55-39-31(42-22(4)44)37(33(48)29(20-43)56-39)54-28(38(51)52)17-23-12-9-8-10-13-23/h21,23-25,27-29,31-37,39-40,43,47-50H,5-20H2,1-4H3,(H,41,46)(H,42,44)(H,51,52)/t21?,24-,25?,27-,28+,29+,31?,32-,33+,34+,35?,36?,37?,39-,40+/m1/s1. The van der Waals surface area contributed by atoms with Crippen LogP contribution in [0.4, 0.5) is 0 Å². The first kappa shape index (κ1) is 47.4. The number of rotatable bonds is 20. The van der Waals surface area contributed by atoms with Crippen molar-refractivity contribution >= 4 is 23.6 Å². The smallest absolute Gasteiger partial charge is 0.332 e. The van der Waals surface area contributed by atoms with Crippen LogP contribution in [0.2, 0.25) is 0 Å². The van der Waals surface area contributed by atoms with E-state index < -0.39 is 104 Å². The van der Waals surface area contributed by atoms with E-state index >= 15 is 0 Å². The Morgan fingerprint density at radius 1 is 0.842 bits per heavy atom. The van der Waals surface area contributed by atoms with Crippen LogP contribution in [0.1, 0.15) is 118 Å². The van der Waals surface area contributed by atoms with E-state index in [1.54, 1.807) is 0 Å². The van der Waals surface area contributed by atoms with Gasteiger partial charge in [0.15, 0.2) is 18.7 Å². The van der Waals surface area contributed by atoms with Gasteiger partial charge in [-0.3, -0.25) is 14.4 Å². The monoisotopic (exact) mass is 816 g/mol. The highest BCUT2D eigenvalue weighted by Gasteiger charge is 2.52. The lowest BCUT2D eigenvalue weighted by Crippen LogP contribution is -2.67. The summed E-state index contributed by atoms with van der Waals surface area (Å²) in [5.74, 6) is -2.75. The fraction of sp³-hybridized carbons (Fsp3) is 0.900. The van der Waals surface area contributed by atoms with E-state index in [-0.39, 0.29) is 42.8 Å². The molecule has 0 bridgehead atoms. The number of aliphatic hydroxyl groups is 5. The van der Waals surface area contributed by atoms with Crippen molar-refractivity contribution in [3.8, 4) is 0 Å². The second-order valence-electron chi connectivity index (χ2n) is 16.4. The Hall–Kier alpha value is -2.32. The Labute approximate surface area is 335 Å². The number of carboxylic acids is 1. The second-order valence-corrected chi connectivity index (χ2v) is 16.4. The molecule has 6 unspecified atom stereocenters. The molecule has 0 spiro atoms. The third kappa shape index (κ3) is 13.1. The Morgan fingerprint density at radius 2 is 1.56 bits per heavy atom. The molecule has 0 aromatic heterocycles. The molecule has 2 amide bonds. The van der Waals surface area contributed by atoms with Crippen LogP contribution in [0.5, 0.6) is 0 Å². The number of nitrogens with one attached hydrogen (secondary N) is 2. The zero-order valence-electron chi connectivity index (χ0n) is 33.9. The van der Waals surface area contributed by atoms with Gasteiger partial charge in [-0.1, -0.05) is 58.8 Å². The molecule has 328 valence electrons. The van der Waals surface area contributed by atoms with Crippen molar-refractivity contribution in [2.24, 2.45) is 17.8 Å². The fourth-order valence-corrected chi connectivity index (χ4v) is 8.74. The van der Waals surface area contributed by atoms with Gasteiger partial charge in [-0.25, -0.2) is 4.79 Å². The molecule has 15 atom stereocenters. The molecule has 2 saturated heterocycles. The van der Waals surface area contributed by atoms with Crippen LogP contribution in [0.3, 0.4) is 0 Å². The minimum absolute atomic E-state index is 0.0655. The molecule has 2 aliphatic heterocycles. The Balaban J connectivity index is 1.62. The van der Waals surface area contributed by atoms with Crippen molar-refractivity contribution in [2.75, 3.05) is 13.2 Å². The minimum atomic E-state index is -1.64. The van der Waals surface area contributed by atoms with Crippen LogP contribution in [0.25, 0.3) is 0 Å². The van der Waals surface area contributed by atoms with Gasteiger partial charge in [0.05, 0.1) is 24.9 Å². The van der Waals surface area contributed by atoms with Crippen LogP contribution in [-0.4, -0.2) is 147 Å². The number of Topliss-reactive ketones (excluding diaryl/α,β-unsaturated/α-hetero) is 1. The number of hydrogen-bond donors (Lipinski definition) is 8. The molecule has 4 aliphatic rings. The molecule has 4 rings (SSSR count). The average molecular weight is 817 g/mol. The van der Waals surface area contributed by atoms with Crippen LogP contribution in [-0.2, 0) is 42.9 Å². The number of aliphatic carboxylic acids is 1. The molecule has 0 radical (unpaired) electrons. The molecule has 4 fully saturated rings. The maximum absolute atomic E-state index is 13.8. The summed E-state index contributed by atoms with van der Waals surface area (Å²) >= 11 is 0. The lowest BCUT2D eigenvalue weighted by atomic mass is 9.74. The lowest BCUT2D eigenvalue weighted by Gasteiger charge is -2.49. The van der Waals surface area contributed by atoms with Crippen molar-refractivity contribution in [1.29, 1.82) is 0 Å². The number of unbranched alkanes of at least 4 members (excludes halogenated alkanes) is 1. The molecule has 17 heteroatoms. The predicted octanol–water partition coefficient (Wildman–Crippen LogP) is 1.07. The molecule has 2 aliphatic carbocycles. The van der Waals surface area contributed by atoms with Gasteiger partial charge < -0.3 is 65.0 Å². The number of amides is 2. The highest BCUT2D eigenvalue weighted by molar-refractivity contribution is 5.81. The number of carbonyl (C=O) groups excluding carboxylic acids is 3. The van der Waals surface area contributed by atoms with Gasteiger partial charge >= 0.3 is 5.97 Å². The molecule has 2 heterocycles. The zero-order chi connectivity index (χ0) is 41.8. The van der Waals surface area contributed by atoms with Crippen LogP contribution < -0.4 is 10.6 Å². The molecule has 2 saturated carbocycles. The van der Waals surface area contributed by atoms with Gasteiger partial charge in [-0.2, -0.15) is 0 Å². The minimum Gasteiger partial charge on any atom is -0.479 e. The first-order valence-corrected chi connectivity index (χ1v) is 21.1. The normalized spacial score (nSPS) is 36.9. The Bertz CT molecular complexity index is 1290. The van der Waals surface area contributed by atoms with Crippen molar-refractivity contribution in [2.45, 2.75) is 197 Å². The van der Waals surface area contributed by atoms with E-state index in [1.165, 1.54) is 13.8 Å². The molecular weight excluding hydrogens is 748 g/mol. The Morgan fingerprint density at radius 3 is 2.19 bits per heavy atom. The van der Waals surface area contributed by atoms with Gasteiger partial charge in [0, 0.05) is 32.2 Å². The van der Waals surface area contributed by atoms with Gasteiger partial charge in [0.1, 0.15) is 48.4 Å². The van der Waals surface area contributed by atoms with Crippen LogP contribution in [0, 0.1) is 17.8 Å². The SMILES string of the molecule is CCCCC(=O)NCCCC(=O)C1C[C@@H](CC)C(O[C@@H]2OC(C)[C@@H](O)[C@H](O)C2O)[C@H](O[C@@H]2O[C@@H](CO)[C@H](O)C(O[C@@H](CC3CCCCC3)C(=O)O)C2NC(C)=O)C1. The maximum atomic E-state index is 13.8. The summed E-state index contributed by atoms with van der Waals surface area (Å²) in [6.45, 7) is 6.29. The molecule has 57 heavy (non-hydrogen) atoms. The van der Waals surface area contributed by atoms with Crippen molar-refractivity contribution in [3.63, 3.8) is 0 Å². The van der Waals surface area contributed by atoms with Crippen LogP contribution in [0.15, 0.2) is 0 Å². The summed E-state index contributed by atoms with van der Waals surface area (Å²) in [6.07, 6.45) is -7.37. The number of ether oxygens (including phenoxy) is 5. The molecular formula is C40H68N2O15. The van der Waals surface area contributed by atoms with Crippen molar-refractivity contribution < 1.29 is 73.5 Å². The van der Waals surface area contributed by atoms with E-state index in [2.05, 4.69) is 10.6 Å². The van der Waals surface area contributed by atoms with E-state index in [9.17, 15) is 49.8 Å². The quantitative estimate of drug-likeness (QED) is 0.0800. The van der Waals surface area contributed by atoms with Gasteiger partial charge in [-0.05, 0) is 50.9 Å². The van der Waals surface area contributed by atoms with Gasteiger partial charge in [-0.15, -0.1) is 0 Å². The number of carbonyl (C=O) groups is 4. The summed E-state index contributed by atoms with van der Waals surface area (Å²) in [4.78, 5) is 51.1. The fourth-order valence-electron chi connectivity index (χ4n) is 8.74. The predicted molar refractivity (Wildman–Crippen MR) is 202 cm³/mol. The number of carboxylic acid groups (broad SMARTS) is 1. The third-order valence-corrected chi connectivity index (χ3v) is 12.1. The highest BCUT2D eigenvalue weighted by atomic mass is 16.7. The Kier molecular flexibility index (Phi) is 19.0. The molecule has 17 nitrogen and oxygen atoms in total. The first-order chi connectivity index (χ1) is 27.2. The summed E-state index contributed by atoms with van der Waals surface area (Å²) < 4.78 is 31.1. The lowest BCUT2D eigenvalue weighted by molar-refractivity contribution is -0.338. The van der Waals surface area contributed by atoms with Gasteiger partial charge in [0.2, 0.25) is 11.8 Å².